The summed E-state index contributed by atoms with van der Waals surface area (Å²) in [6, 6.07) is 2.68. The molecule has 5 N–H and O–H groups in total. The Morgan fingerprint density at radius 1 is 1.29 bits per heavy atom. The highest BCUT2D eigenvalue weighted by molar-refractivity contribution is 7.89. The van der Waals surface area contributed by atoms with Crippen LogP contribution in [0.15, 0.2) is 18.2 Å². The van der Waals surface area contributed by atoms with Crippen LogP contribution in [0.3, 0.4) is 0 Å². The molecule has 116 valence electrons. The molecule has 1 aromatic rings. The number of hydrogen-bond acceptors (Lipinski definition) is 5. The summed E-state index contributed by atoms with van der Waals surface area (Å²) in [4.78, 5) is 22.5. The van der Waals surface area contributed by atoms with Gasteiger partial charge in [-0.05, 0) is 25.2 Å². The zero-order valence-corrected chi connectivity index (χ0v) is 11.9. The molecule has 0 spiro atoms. The van der Waals surface area contributed by atoms with Crippen LogP contribution in [0.1, 0.15) is 10.4 Å². The minimum absolute atomic E-state index is 0.0192. The lowest BCUT2D eigenvalue weighted by Gasteiger charge is -2.10. The molecule has 0 atom stereocenters. The third kappa shape index (κ3) is 5.28. The summed E-state index contributed by atoms with van der Waals surface area (Å²) < 4.78 is 24.4. The molecule has 0 fully saturated rings. The summed E-state index contributed by atoms with van der Waals surface area (Å²) >= 11 is 0. The van der Waals surface area contributed by atoms with Gasteiger partial charge in [-0.1, -0.05) is 0 Å². The normalized spacial score (nSPS) is 10.9. The summed E-state index contributed by atoms with van der Waals surface area (Å²) in [5, 5.41) is 22.7. The van der Waals surface area contributed by atoms with Crippen LogP contribution in [0.4, 0.5) is 10.5 Å². The molecule has 0 heterocycles. The molecular weight excluding hydrogens is 302 g/mol. The van der Waals surface area contributed by atoms with Crippen LogP contribution in [-0.2, 0) is 10.0 Å². The van der Waals surface area contributed by atoms with E-state index in [4.69, 9.17) is 5.11 Å². The van der Waals surface area contributed by atoms with E-state index in [0.29, 0.717) is 0 Å². The number of amides is 2. The fraction of sp³-hybridized carbons (Fsp3) is 0.273. The second kappa shape index (κ2) is 6.90. The van der Waals surface area contributed by atoms with Crippen molar-refractivity contribution in [2.75, 3.05) is 24.7 Å². The van der Waals surface area contributed by atoms with Gasteiger partial charge in [0.15, 0.2) is 0 Å². The molecule has 0 aliphatic carbocycles. The van der Waals surface area contributed by atoms with Crippen LogP contribution in [0, 0.1) is 0 Å². The van der Waals surface area contributed by atoms with Gasteiger partial charge in [0.1, 0.15) is 5.75 Å². The fourth-order valence-corrected chi connectivity index (χ4v) is 1.96. The van der Waals surface area contributed by atoms with Crippen molar-refractivity contribution in [2.45, 2.75) is 0 Å². The molecule has 0 unspecified atom stereocenters. The molecule has 2 amide bonds. The summed E-state index contributed by atoms with van der Waals surface area (Å²) in [5.41, 5.74) is -0.303. The highest BCUT2D eigenvalue weighted by Gasteiger charge is 2.14. The average Bonchev–Trinajstić information content (AvgIpc) is 2.40. The van der Waals surface area contributed by atoms with Crippen molar-refractivity contribution in [1.29, 1.82) is 0 Å². The quantitative estimate of drug-likeness (QED) is 0.458. The smallest absolute Gasteiger partial charge is 0.337 e. The molecule has 0 bridgehead atoms. The summed E-state index contributed by atoms with van der Waals surface area (Å²) in [6.45, 7) is -0.143. The van der Waals surface area contributed by atoms with E-state index in [9.17, 15) is 23.1 Å². The van der Waals surface area contributed by atoms with E-state index in [0.717, 1.165) is 6.07 Å². The van der Waals surface area contributed by atoms with Crippen molar-refractivity contribution in [3.8, 4) is 5.75 Å². The van der Waals surface area contributed by atoms with Crippen molar-refractivity contribution in [2.24, 2.45) is 0 Å². The zero-order valence-electron chi connectivity index (χ0n) is 11.1. The van der Waals surface area contributed by atoms with Crippen molar-refractivity contribution in [1.82, 2.24) is 10.0 Å². The first kappa shape index (κ1) is 16.7. The third-order valence-electron chi connectivity index (χ3n) is 2.45. The van der Waals surface area contributed by atoms with Gasteiger partial charge in [-0.3, -0.25) is 0 Å². The van der Waals surface area contributed by atoms with Gasteiger partial charge in [0.25, 0.3) is 0 Å². The molecule has 21 heavy (non-hydrogen) atoms. The minimum Gasteiger partial charge on any atom is -0.508 e. The number of aromatic carboxylic acids is 1. The van der Waals surface area contributed by atoms with Crippen molar-refractivity contribution in [3.05, 3.63) is 23.8 Å². The number of carbonyl (C=O) groups excluding carboxylic acids is 1. The Morgan fingerprint density at radius 3 is 2.52 bits per heavy atom. The molecule has 0 aliphatic rings. The standard InChI is InChI=1S/C11H15N3O6S/c1-12-21(19,20)5-4-13-11(18)14-9-3-2-7(15)6-8(9)10(16)17/h2-3,6,12,15H,4-5H2,1H3,(H,16,17)(H2,13,14,18). The maximum Gasteiger partial charge on any atom is 0.337 e. The second-order valence-electron chi connectivity index (χ2n) is 3.94. The molecule has 9 nitrogen and oxygen atoms in total. The van der Waals surface area contributed by atoms with E-state index in [1.165, 1.54) is 19.2 Å². The number of benzene rings is 1. The van der Waals surface area contributed by atoms with Crippen LogP contribution in [-0.4, -0.2) is 50.0 Å². The molecule has 0 aliphatic heterocycles. The number of carbonyl (C=O) groups is 2. The Morgan fingerprint density at radius 2 is 1.95 bits per heavy atom. The second-order valence-corrected chi connectivity index (χ2v) is 5.98. The first-order chi connectivity index (χ1) is 9.75. The van der Waals surface area contributed by atoms with Crippen LogP contribution in [0.5, 0.6) is 5.75 Å². The number of carboxylic acids is 1. The number of sulfonamides is 1. The topological polar surface area (TPSA) is 145 Å². The lowest BCUT2D eigenvalue weighted by Crippen LogP contribution is -2.35. The van der Waals surface area contributed by atoms with E-state index in [1.807, 2.05) is 0 Å². The number of phenols is 1. The Bertz CT molecular complexity index is 643. The molecule has 0 saturated heterocycles. The minimum atomic E-state index is -3.43. The van der Waals surface area contributed by atoms with Gasteiger partial charge < -0.3 is 20.8 Å². The number of anilines is 1. The number of urea groups is 1. The predicted octanol–water partition coefficient (Wildman–Crippen LogP) is -0.239. The number of hydrogen-bond donors (Lipinski definition) is 5. The van der Waals surface area contributed by atoms with Gasteiger partial charge in [-0.2, -0.15) is 0 Å². The lowest BCUT2D eigenvalue weighted by molar-refractivity contribution is 0.0697. The van der Waals surface area contributed by atoms with E-state index < -0.39 is 22.0 Å². The van der Waals surface area contributed by atoms with Gasteiger partial charge >= 0.3 is 12.0 Å². The predicted molar refractivity (Wildman–Crippen MR) is 74.9 cm³/mol. The summed E-state index contributed by atoms with van der Waals surface area (Å²) in [7, 11) is -2.18. The van der Waals surface area contributed by atoms with Crippen molar-refractivity contribution < 1.29 is 28.2 Å². The van der Waals surface area contributed by atoms with Crippen LogP contribution >= 0.6 is 0 Å². The Kier molecular flexibility index (Phi) is 5.50. The molecule has 0 radical (unpaired) electrons. The molecule has 0 saturated carbocycles. The fourth-order valence-electron chi connectivity index (χ4n) is 1.39. The number of aromatic hydroxyl groups is 1. The summed E-state index contributed by atoms with van der Waals surface area (Å²) in [5.74, 6) is -1.88. The van der Waals surface area contributed by atoms with Crippen LogP contribution in [0.25, 0.3) is 0 Å². The third-order valence-corrected chi connectivity index (χ3v) is 3.81. The Hall–Kier alpha value is -2.33. The maximum absolute atomic E-state index is 11.6. The van der Waals surface area contributed by atoms with E-state index >= 15 is 0 Å². The zero-order chi connectivity index (χ0) is 16.0. The first-order valence-electron chi connectivity index (χ1n) is 5.77. The van der Waals surface area contributed by atoms with Gasteiger partial charge in [0.2, 0.25) is 10.0 Å². The van der Waals surface area contributed by atoms with E-state index in [1.54, 1.807) is 0 Å². The summed E-state index contributed by atoms with van der Waals surface area (Å²) in [6.07, 6.45) is 0. The molecular formula is C11H15N3O6S. The number of rotatable bonds is 6. The molecule has 0 aromatic heterocycles. The highest BCUT2D eigenvalue weighted by Crippen LogP contribution is 2.21. The largest absolute Gasteiger partial charge is 0.508 e. The molecule has 10 heteroatoms. The van der Waals surface area contributed by atoms with Gasteiger partial charge in [-0.15, -0.1) is 0 Å². The van der Waals surface area contributed by atoms with Crippen LogP contribution < -0.4 is 15.4 Å². The number of carboxylic acid groups (broad SMARTS) is 1. The van der Waals surface area contributed by atoms with Crippen LogP contribution in [0.2, 0.25) is 0 Å². The Labute approximate surface area is 121 Å². The SMILES string of the molecule is CNS(=O)(=O)CCNC(=O)Nc1ccc(O)cc1C(=O)O. The van der Waals surface area contributed by atoms with E-state index in [-0.39, 0.29) is 29.3 Å². The highest BCUT2D eigenvalue weighted by atomic mass is 32.2. The van der Waals surface area contributed by atoms with Crippen molar-refractivity contribution in [3.63, 3.8) is 0 Å². The van der Waals surface area contributed by atoms with Gasteiger partial charge in [-0.25, -0.2) is 22.7 Å². The van der Waals surface area contributed by atoms with E-state index in [2.05, 4.69) is 15.4 Å². The van der Waals surface area contributed by atoms with Crippen molar-refractivity contribution >= 4 is 27.7 Å². The Balaban J connectivity index is 2.66. The molecule has 1 aromatic carbocycles. The lowest BCUT2D eigenvalue weighted by atomic mass is 10.1. The number of phenolic OH excluding ortho intramolecular Hbond substituents is 1. The maximum atomic E-state index is 11.6. The first-order valence-corrected chi connectivity index (χ1v) is 7.43. The monoisotopic (exact) mass is 317 g/mol. The van der Waals surface area contributed by atoms with Gasteiger partial charge in [0, 0.05) is 6.54 Å². The average molecular weight is 317 g/mol. The molecule has 1 rings (SSSR count). The van der Waals surface area contributed by atoms with Gasteiger partial charge in [0.05, 0.1) is 17.0 Å². The number of nitrogens with one attached hydrogen (secondary N) is 3.